The van der Waals surface area contributed by atoms with Crippen LogP contribution in [0.2, 0.25) is 0 Å². The van der Waals surface area contributed by atoms with E-state index < -0.39 is 16.9 Å². The molecule has 1 aliphatic heterocycles. The Morgan fingerprint density at radius 2 is 1.96 bits per heavy atom. The number of amides is 1. The molecule has 2 aromatic rings. The number of pyridine rings is 1. The van der Waals surface area contributed by atoms with E-state index in [4.69, 9.17) is 6.42 Å². The molecule has 0 saturated heterocycles. The van der Waals surface area contributed by atoms with Gasteiger partial charge in [0.1, 0.15) is 5.65 Å². The van der Waals surface area contributed by atoms with E-state index in [1.54, 1.807) is 7.05 Å². The SMILES string of the molecule is C#CCCC1(CCNC(=O)c2cnc3c(c2CC)c(=O)n(C)c(=O)n3C)N=N1. The van der Waals surface area contributed by atoms with E-state index in [0.29, 0.717) is 43.4 Å². The first kappa shape index (κ1) is 19.5. The van der Waals surface area contributed by atoms with Crippen LogP contribution in [0.5, 0.6) is 0 Å². The zero-order valence-corrected chi connectivity index (χ0v) is 16.2. The molecule has 3 heterocycles. The average molecular weight is 382 g/mol. The van der Waals surface area contributed by atoms with Crippen molar-refractivity contribution in [2.45, 2.75) is 38.3 Å². The van der Waals surface area contributed by atoms with Crippen LogP contribution in [0.4, 0.5) is 0 Å². The Bertz CT molecular complexity index is 1130. The molecule has 0 aliphatic carbocycles. The molecule has 1 aliphatic rings. The van der Waals surface area contributed by atoms with Crippen LogP contribution in [-0.4, -0.2) is 32.2 Å². The topological polar surface area (TPSA) is 111 Å². The molecule has 0 aromatic carbocycles. The van der Waals surface area contributed by atoms with Gasteiger partial charge < -0.3 is 5.32 Å². The highest BCUT2D eigenvalue weighted by atomic mass is 16.2. The molecule has 0 spiro atoms. The number of nitrogens with zero attached hydrogens (tertiary/aromatic N) is 5. The summed E-state index contributed by atoms with van der Waals surface area (Å²) in [6.45, 7) is 2.23. The number of hydrogen-bond donors (Lipinski definition) is 1. The van der Waals surface area contributed by atoms with E-state index in [2.05, 4.69) is 26.4 Å². The lowest BCUT2D eigenvalue weighted by molar-refractivity contribution is 0.0951. The number of aryl methyl sites for hydroxylation is 2. The van der Waals surface area contributed by atoms with Gasteiger partial charge in [0.15, 0.2) is 5.66 Å². The van der Waals surface area contributed by atoms with Gasteiger partial charge in [-0.25, -0.2) is 9.78 Å². The zero-order valence-electron chi connectivity index (χ0n) is 16.2. The van der Waals surface area contributed by atoms with E-state index >= 15 is 0 Å². The second-order valence-corrected chi connectivity index (χ2v) is 6.80. The van der Waals surface area contributed by atoms with Gasteiger partial charge in [-0.3, -0.25) is 18.7 Å². The van der Waals surface area contributed by atoms with Crippen molar-refractivity contribution < 1.29 is 4.79 Å². The third-order valence-corrected chi connectivity index (χ3v) is 5.04. The highest BCUT2D eigenvalue weighted by Crippen LogP contribution is 2.36. The monoisotopic (exact) mass is 382 g/mol. The summed E-state index contributed by atoms with van der Waals surface area (Å²) >= 11 is 0. The maximum absolute atomic E-state index is 12.7. The van der Waals surface area contributed by atoms with Crippen LogP contribution in [0.25, 0.3) is 11.0 Å². The summed E-state index contributed by atoms with van der Waals surface area (Å²) in [5, 5.41) is 11.2. The van der Waals surface area contributed by atoms with Crippen LogP contribution in [0, 0.1) is 12.3 Å². The van der Waals surface area contributed by atoms with Crippen molar-refractivity contribution in [3.05, 3.63) is 38.2 Å². The molecule has 0 unspecified atom stereocenters. The van der Waals surface area contributed by atoms with E-state index in [-0.39, 0.29) is 16.9 Å². The van der Waals surface area contributed by atoms with Crippen molar-refractivity contribution in [2.24, 2.45) is 24.3 Å². The van der Waals surface area contributed by atoms with E-state index in [1.165, 1.54) is 17.8 Å². The first-order valence-corrected chi connectivity index (χ1v) is 9.08. The van der Waals surface area contributed by atoms with Crippen LogP contribution in [0.3, 0.4) is 0 Å². The summed E-state index contributed by atoms with van der Waals surface area (Å²) in [6, 6.07) is 0. The number of fused-ring (bicyclic) bond motifs is 1. The molecular formula is C19H22N6O3. The molecule has 28 heavy (non-hydrogen) atoms. The maximum atomic E-state index is 12.7. The van der Waals surface area contributed by atoms with Crippen molar-refractivity contribution in [3.63, 3.8) is 0 Å². The molecule has 0 fully saturated rings. The summed E-state index contributed by atoms with van der Waals surface area (Å²) in [5.41, 5.74) is -0.220. The Balaban J connectivity index is 1.87. The molecule has 1 amide bonds. The number of terminal acetylenes is 1. The fourth-order valence-corrected chi connectivity index (χ4v) is 3.29. The van der Waals surface area contributed by atoms with Gasteiger partial charge in [-0.1, -0.05) is 6.92 Å². The number of aromatic nitrogens is 3. The highest BCUT2D eigenvalue weighted by molar-refractivity contribution is 5.99. The molecule has 0 atom stereocenters. The van der Waals surface area contributed by atoms with Crippen molar-refractivity contribution in [2.75, 3.05) is 6.54 Å². The first-order chi connectivity index (χ1) is 13.3. The van der Waals surface area contributed by atoms with Gasteiger partial charge in [0.05, 0.1) is 10.9 Å². The number of carbonyl (C=O) groups excluding carboxylic acids is 1. The minimum atomic E-state index is -0.469. The molecule has 146 valence electrons. The standard InChI is InChI=1S/C19H22N6O3/c1-5-7-8-19(22-23-19)9-10-20-16(26)13-11-21-15-14(12(13)6-2)17(27)25(4)18(28)24(15)3/h1,11H,6-10H2,2-4H3,(H,20,26). The van der Waals surface area contributed by atoms with Gasteiger partial charge >= 0.3 is 5.69 Å². The average Bonchev–Trinajstić information content (AvgIpc) is 3.47. The van der Waals surface area contributed by atoms with Crippen LogP contribution in [0.15, 0.2) is 26.0 Å². The van der Waals surface area contributed by atoms with Crippen molar-refractivity contribution in [1.82, 2.24) is 19.4 Å². The quantitative estimate of drug-likeness (QED) is 0.717. The lowest BCUT2D eigenvalue weighted by Crippen LogP contribution is -2.38. The smallest absolute Gasteiger partial charge is 0.332 e. The predicted molar refractivity (Wildman–Crippen MR) is 104 cm³/mol. The van der Waals surface area contributed by atoms with E-state index in [0.717, 1.165) is 4.57 Å². The van der Waals surface area contributed by atoms with Gasteiger partial charge in [0.2, 0.25) is 0 Å². The molecule has 3 rings (SSSR count). The van der Waals surface area contributed by atoms with Crippen LogP contribution in [-0.2, 0) is 20.5 Å². The molecule has 9 heteroatoms. The van der Waals surface area contributed by atoms with Crippen LogP contribution >= 0.6 is 0 Å². The summed E-state index contributed by atoms with van der Waals surface area (Å²) < 4.78 is 2.33. The Kier molecular flexibility index (Phi) is 5.14. The second-order valence-electron chi connectivity index (χ2n) is 6.80. The number of hydrogen-bond acceptors (Lipinski definition) is 6. The molecule has 0 bridgehead atoms. The Morgan fingerprint density at radius 3 is 2.57 bits per heavy atom. The summed E-state index contributed by atoms with van der Waals surface area (Å²) in [6.07, 6.45) is 8.96. The molecule has 2 aromatic heterocycles. The van der Waals surface area contributed by atoms with Crippen molar-refractivity contribution >= 4 is 16.9 Å². The minimum Gasteiger partial charge on any atom is -0.352 e. The molecule has 0 radical (unpaired) electrons. The van der Waals surface area contributed by atoms with Gasteiger partial charge in [-0.2, -0.15) is 10.2 Å². The highest BCUT2D eigenvalue weighted by Gasteiger charge is 2.38. The lowest BCUT2D eigenvalue weighted by atomic mass is 10.0. The molecule has 9 nitrogen and oxygen atoms in total. The Hall–Kier alpha value is -3.28. The van der Waals surface area contributed by atoms with Gasteiger partial charge in [-0.15, -0.1) is 12.3 Å². The summed E-state index contributed by atoms with van der Waals surface area (Å²) in [7, 11) is 2.96. The zero-order chi connectivity index (χ0) is 20.5. The first-order valence-electron chi connectivity index (χ1n) is 9.08. The Labute approximate surface area is 161 Å². The van der Waals surface area contributed by atoms with E-state index in [1.807, 2.05) is 6.92 Å². The summed E-state index contributed by atoms with van der Waals surface area (Å²) in [4.78, 5) is 41.7. The summed E-state index contributed by atoms with van der Waals surface area (Å²) in [5.74, 6) is 2.24. The number of nitrogens with one attached hydrogen (secondary N) is 1. The van der Waals surface area contributed by atoms with Gasteiger partial charge in [0, 0.05) is 46.1 Å². The third kappa shape index (κ3) is 3.33. The second kappa shape index (κ2) is 7.38. The molecule has 0 saturated carbocycles. The van der Waals surface area contributed by atoms with Gasteiger partial charge in [-0.05, 0) is 12.0 Å². The predicted octanol–water partition coefficient (Wildman–Crippen LogP) is 0.890. The van der Waals surface area contributed by atoms with Gasteiger partial charge in [0.25, 0.3) is 11.5 Å². The van der Waals surface area contributed by atoms with Crippen molar-refractivity contribution in [3.8, 4) is 12.3 Å². The lowest BCUT2D eigenvalue weighted by Gasteiger charge is -2.14. The third-order valence-electron chi connectivity index (χ3n) is 5.04. The molecule has 1 N–H and O–H groups in total. The van der Waals surface area contributed by atoms with Crippen LogP contribution < -0.4 is 16.6 Å². The fraction of sp³-hybridized carbons (Fsp3) is 0.474. The van der Waals surface area contributed by atoms with Crippen LogP contribution in [0.1, 0.15) is 42.1 Å². The molecular weight excluding hydrogens is 360 g/mol. The maximum Gasteiger partial charge on any atom is 0.332 e. The largest absolute Gasteiger partial charge is 0.352 e. The van der Waals surface area contributed by atoms with Crippen molar-refractivity contribution in [1.29, 1.82) is 0 Å². The number of rotatable bonds is 7. The fourth-order valence-electron chi connectivity index (χ4n) is 3.29. The normalized spacial score (nSPS) is 14.1. The minimum absolute atomic E-state index is 0.269. The Morgan fingerprint density at radius 1 is 1.25 bits per heavy atom. The van der Waals surface area contributed by atoms with E-state index in [9.17, 15) is 14.4 Å². The number of carbonyl (C=O) groups is 1.